The Kier molecular flexibility index (Phi) is 5.94. The largest absolute Gasteiger partial charge is 0.364 e. The molecule has 0 saturated carbocycles. The molecule has 0 aromatic carbocycles. The predicted molar refractivity (Wildman–Crippen MR) is 74.5 cm³/mol. The maximum absolute atomic E-state index is 11.1. The van der Waals surface area contributed by atoms with E-state index in [1.807, 2.05) is 14.0 Å². The molecule has 0 aliphatic rings. The normalized spacial score (nSPS) is 10.5. The first kappa shape index (κ1) is 15.1. The minimum absolute atomic E-state index is 0.108. The van der Waals surface area contributed by atoms with Gasteiger partial charge in [0.05, 0.1) is 4.92 Å². The van der Waals surface area contributed by atoms with Gasteiger partial charge in [0.2, 0.25) is 11.6 Å². The van der Waals surface area contributed by atoms with E-state index in [4.69, 9.17) is 0 Å². The third-order valence-electron chi connectivity index (χ3n) is 2.67. The molecule has 0 aliphatic carbocycles. The van der Waals surface area contributed by atoms with Crippen molar-refractivity contribution in [3.63, 3.8) is 0 Å². The van der Waals surface area contributed by atoms with Crippen LogP contribution in [0.15, 0.2) is 6.33 Å². The number of nitrogens with one attached hydrogen (secondary N) is 2. The molecule has 1 rings (SSSR count). The van der Waals surface area contributed by atoms with Crippen molar-refractivity contribution in [2.45, 2.75) is 13.8 Å². The first-order chi connectivity index (χ1) is 9.10. The highest BCUT2D eigenvalue weighted by molar-refractivity contribution is 5.69. The Balaban J connectivity index is 2.81. The highest BCUT2D eigenvalue weighted by Crippen LogP contribution is 2.28. The smallest absolute Gasteiger partial charge is 0.353 e. The number of nitro groups is 1. The van der Waals surface area contributed by atoms with Crippen LogP contribution < -0.4 is 10.6 Å². The Morgan fingerprint density at radius 3 is 2.47 bits per heavy atom. The van der Waals surface area contributed by atoms with E-state index in [9.17, 15) is 10.1 Å². The lowest BCUT2D eigenvalue weighted by molar-refractivity contribution is -0.383. The summed E-state index contributed by atoms with van der Waals surface area (Å²) in [5, 5.41) is 17.0. The molecule has 2 N–H and O–H groups in total. The number of aromatic nitrogens is 2. The molecule has 8 nitrogen and oxygen atoms in total. The third-order valence-corrected chi connectivity index (χ3v) is 2.67. The average molecular weight is 268 g/mol. The summed E-state index contributed by atoms with van der Waals surface area (Å²) in [5.74, 6) is 0.495. The van der Waals surface area contributed by atoms with Gasteiger partial charge < -0.3 is 15.5 Å². The Morgan fingerprint density at radius 1 is 1.32 bits per heavy atom. The molecule has 1 aromatic heterocycles. The maximum atomic E-state index is 11.1. The molecule has 19 heavy (non-hydrogen) atoms. The van der Waals surface area contributed by atoms with Gasteiger partial charge in [-0.15, -0.1) is 0 Å². The van der Waals surface area contributed by atoms with E-state index in [1.165, 1.54) is 6.33 Å². The molecule has 1 heterocycles. The van der Waals surface area contributed by atoms with Gasteiger partial charge in [0.25, 0.3) is 0 Å². The number of likely N-dealkylation sites (N-methyl/N-ethyl adjacent to an activating group) is 1. The summed E-state index contributed by atoms with van der Waals surface area (Å²) in [5.41, 5.74) is -0.108. The van der Waals surface area contributed by atoms with E-state index in [1.54, 1.807) is 0 Å². The van der Waals surface area contributed by atoms with Gasteiger partial charge >= 0.3 is 5.69 Å². The Morgan fingerprint density at radius 2 is 1.95 bits per heavy atom. The number of nitrogens with zero attached hydrogens (tertiary/aromatic N) is 4. The van der Waals surface area contributed by atoms with Crippen molar-refractivity contribution in [1.29, 1.82) is 0 Å². The lowest BCUT2D eigenvalue weighted by Crippen LogP contribution is -2.25. The molecule has 106 valence electrons. The number of rotatable bonds is 8. The van der Waals surface area contributed by atoms with E-state index in [0.29, 0.717) is 13.1 Å². The van der Waals surface area contributed by atoms with Crippen LogP contribution in [-0.2, 0) is 0 Å². The summed E-state index contributed by atoms with van der Waals surface area (Å²) in [7, 11) is 1.99. The van der Waals surface area contributed by atoms with Crippen LogP contribution in [0.3, 0.4) is 0 Å². The van der Waals surface area contributed by atoms with Gasteiger partial charge in [-0.05, 0) is 20.5 Å². The van der Waals surface area contributed by atoms with Gasteiger partial charge in [-0.3, -0.25) is 10.1 Å². The zero-order valence-electron chi connectivity index (χ0n) is 11.5. The number of anilines is 2. The predicted octanol–water partition coefficient (Wildman–Crippen LogP) is 1.18. The number of hydrogen-bond donors (Lipinski definition) is 2. The second kappa shape index (κ2) is 7.47. The van der Waals surface area contributed by atoms with Gasteiger partial charge in [-0.1, -0.05) is 6.92 Å². The molecule has 0 unspecified atom stereocenters. The van der Waals surface area contributed by atoms with Crippen LogP contribution in [0, 0.1) is 10.1 Å². The fourth-order valence-electron chi connectivity index (χ4n) is 1.50. The molecule has 0 amide bonds. The van der Waals surface area contributed by atoms with Crippen molar-refractivity contribution >= 4 is 17.3 Å². The van der Waals surface area contributed by atoms with Crippen LogP contribution in [0.25, 0.3) is 0 Å². The van der Waals surface area contributed by atoms with Gasteiger partial charge in [-0.25, -0.2) is 9.97 Å². The third kappa shape index (κ3) is 4.32. The summed E-state index contributed by atoms with van der Waals surface area (Å²) in [4.78, 5) is 20.6. The molecule has 0 spiro atoms. The van der Waals surface area contributed by atoms with Gasteiger partial charge in [0.15, 0.2) is 0 Å². The molecular weight excluding hydrogens is 248 g/mol. The lowest BCUT2D eigenvalue weighted by Gasteiger charge is -2.14. The molecule has 8 heteroatoms. The molecule has 0 saturated heterocycles. The van der Waals surface area contributed by atoms with Crippen LogP contribution in [0.4, 0.5) is 17.3 Å². The summed E-state index contributed by atoms with van der Waals surface area (Å²) in [6, 6.07) is 0. The number of hydrogen-bond acceptors (Lipinski definition) is 7. The van der Waals surface area contributed by atoms with E-state index in [-0.39, 0.29) is 17.3 Å². The quantitative estimate of drug-likeness (QED) is 0.539. The fraction of sp³-hybridized carbons (Fsp3) is 0.636. The summed E-state index contributed by atoms with van der Waals surface area (Å²) in [6.07, 6.45) is 1.32. The van der Waals surface area contributed by atoms with Crippen molar-refractivity contribution in [2.75, 3.05) is 43.9 Å². The van der Waals surface area contributed by atoms with Crippen LogP contribution >= 0.6 is 0 Å². The molecule has 1 aromatic rings. The Labute approximate surface area is 112 Å². The summed E-state index contributed by atoms with van der Waals surface area (Å²) >= 11 is 0. The average Bonchev–Trinajstić information content (AvgIpc) is 2.38. The first-order valence-electron chi connectivity index (χ1n) is 6.25. The molecule has 0 bridgehead atoms. The zero-order chi connectivity index (χ0) is 14.3. The summed E-state index contributed by atoms with van der Waals surface area (Å²) in [6.45, 7) is 6.78. The molecule has 0 radical (unpaired) electrons. The molecule has 0 fully saturated rings. The highest BCUT2D eigenvalue weighted by atomic mass is 16.6. The topological polar surface area (TPSA) is 96.2 Å². The molecule has 0 aliphatic heterocycles. The summed E-state index contributed by atoms with van der Waals surface area (Å²) < 4.78 is 0. The second-order valence-electron chi connectivity index (χ2n) is 4.03. The van der Waals surface area contributed by atoms with E-state index < -0.39 is 4.92 Å². The van der Waals surface area contributed by atoms with Gasteiger partial charge in [0.1, 0.15) is 6.33 Å². The zero-order valence-corrected chi connectivity index (χ0v) is 11.5. The van der Waals surface area contributed by atoms with Gasteiger partial charge in [0, 0.05) is 19.6 Å². The van der Waals surface area contributed by atoms with Gasteiger partial charge in [-0.2, -0.15) is 0 Å². The maximum Gasteiger partial charge on any atom is 0.353 e. The standard InChI is InChI=1S/C11H20N6O2/c1-4-12-10-9(17(18)19)11(15-8-14-10)13-6-7-16(3)5-2/h8H,4-7H2,1-3H3,(H2,12,13,14,15). The fourth-order valence-corrected chi connectivity index (χ4v) is 1.50. The minimum Gasteiger partial charge on any atom is -0.364 e. The van der Waals surface area contributed by atoms with Crippen molar-refractivity contribution < 1.29 is 4.92 Å². The van der Waals surface area contributed by atoms with Crippen molar-refractivity contribution in [1.82, 2.24) is 14.9 Å². The Bertz CT molecular complexity index is 426. The van der Waals surface area contributed by atoms with Crippen LogP contribution in [0.5, 0.6) is 0 Å². The lowest BCUT2D eigenvalue weighted by atomic mass is 10.4. The van der Waals surface area contributed by atoms with Crippen molar-refractivity contribution in [2.24, 2.45) is 0 Å². The minimum atomic E-state index is -0.468. The van der Waals surface area contributed by atoms with Crippen LogP contribution in [0.2, 0.25) is 0 Å². The van der Waals surface area contributed by atoms with Crippen LogP contribution in [0.1, 0.15) is 13.8 Å². The molecular formula is C11H20N6O2. The van der Waals surface area contributed by atoms with E-state index in [2.05, 4.69) is 32.4 Å². The van der Waals surface area contributed by atoms with Crippen molar-refractivity contribution in [3.05, 3.63) is 16.4 Å². The monoisotopic (exact) mass is 268 g/mol. The first-order valence-corrected chi connectivity index (χ1v) is 6.25. The van der Waals surface area contributed by atoms with Crippen molar-refractivity contribution in [3.8, 4) is 0 Å². The van der Waals surface area contributed by atoms with Crippen LogP contribution in [-0.4, -0.2) is 53.0 Å². The SMILES string of the molecule is CCNc1ncnc(NCCN(C)CC)c1[N+](=O)[O-]. The van der Waals surface area contributed by atoms with E-state index in [0.717, 1.165) is 13.1 Å². The second-order valence-corrected chi connectivity index (χ2v) is 4.03. The Hall–Kier alpha value is -1.96. The molecule has 0 atom stereocenters. The highest BCUT2D eigenvalue weighted by Gasteiger charge is 2.22. The van der Waals surface area contributed by atoms with E-state index >= 15 is 0 Å².